The summed E-state index contributed by atoms with van der Waals surface area (Å²) in [6, 6.07) is 0. The van der Waals surface area contributed by atoms with E-state index in [-0.39, 0.29) is 6.10 Å². The summed E-state index contributed by atoms with van der Waals surface area (Å²) in [5, 5.41) is 0.639. The standard InChI is InChI=1S/C7H12N2O2S/c1-10-5(3-8)6-4-9-7(11-2)12-6/h4-5H,3,8H2,1-2H3. The van der Waals surface area contributed by atoms with Crippen LogP contribution in [0.25, 0.3) is 0 Å². The third kappa shape index (κ3) is 1.94. The molecule has 0 aromatic carbocycles. The molecule has 1 aromatic rings. The Hall–Kier alpha value is -0.650. The van der Waals surface area contributed by atoms with Crippen LogP contribution in [0.3, 0.4) is 0 Å². The number of aromatic nitrogens is 1. The second kappa shape index (κ2) is 4.39. The Morgan fingerprint density at radius 2 is 2.42 bits per heavy atom. The first-order valence-electron chi connectivity index (χ1n) is 3.54. The van der Waals surface area contributed by atoms with Crippen molar-refractivity contribution in [3.05, 3.63) is 11.1 Å². The number of rotatable bonds is 4. The topological polar surface area (TPSA) is 57.4 Å². The second-order valence-electron chi connectivity index (χ2n) is 2.19. The zero-order valence-electron chi connectivity index (χ0n) is 7.11. The minimum absolute atomic E-state index is 0.0635. The van der Waals surface area contributed by atoms with E-state index in [1.165, 1.54) is 11.3 Å². The van der Waals surface area contributed by atoms with Crippen LogP contribution >= 0.6 is 11.3 Å². The van der Waals surface area contributed by atoms with Gasteiger partial charge in [0.15, 0.2) is 0 Å². The van der Waals surface area contributed by atoms with Gasteiger partial charge in [0.05, 0.1) is 12.0 Å². The van der Waals surface area contributed by atoms with Crippen LogP contribution in [-0.4, -0.2) is 25.7 Å². The quantitative estimate of drug-likeness (QED) is 0.759. The predicted molar refractivity (Wildman–Crippen MR) is 47.5 cm³/mol. The first kappa shape index (κ1) is 9.44. The van der Waals surface area contributed by atoms with Gasteiger partial charge in [-0.3, -0.25) is 0 Å². The fourth-order valence-electron chi connectivity index (χ4n) is 0.842. The molecule has 1 rings (SSSR count). The maximum absolute atomic E-state index is 5.48. The van der Waals surface area contributed by atoms with Crippen molar-refractivity contribution in [2.75, 3.05) is 20.8 Å². The third-order valence-corrected chi connectivity index (χ3v) is 2.54. The Kier molecular flexibility index (Phi) is 3.46. The Morgan fingerprint density at radius 3 is 2.83 bits per heavy atom. The van der Waals surface area contributed by atoms with Crippen molar-refractivity contribution in [1.82, 2.24) is 4.98 Å². The van der Waals surface area contributed by atoms with Gasteiger partial charge in [0.1, 0.15) is 6.10 Å². The maximum Gasteiger partial charge on any atom is 0.273 e. The van der Waals surface area contributed by atoms with Crippen molar-refractivity contribution >= 4 is 11.3 Å². The minimum atomic E-state index is -0.0635. The summed E-state index contributed by atoms with van der Waals surface area (Å²) < 4.78 is 10.1. The summed E-state index contributed by atoms with van der Waals surface area (Å²) in [6.45, 7) is 0.460. The van der Waals surface area contributed by atoms with Crippen LogP contribution in [0.15, 0.2) is 6.20 Å². The average Bonchev–Trinajstić information content (AvgIpc) is 2.55. The van der Waals surface area contributed by atoms with Crippen LogP contribution in [0.5, 0.6) is 5.19 Å². The molecule has 1 heterocycles. The van der Waals surface area contributed by atoms with E-state index < -0.39 is 0 Å². The summed E-state index contributed by atoms with van der Waals surface area (Å²) in [5.74, 6) is 0. The highest BCUT2D eigenvalue weighted by Crippen LogP contribution is 2.26. The van der Waals surface area contributed by atoms with Crippen LogP contribution in [0.2, 0.25) is 0 Å². The van der Waals surface area contributed by atoms with Crippen LogP contribution in [-0.2, 0) is 4.74 Å². The Bertz CT molecular complexity index is 235. The van der Waals surface area contributed by atoms with Gasteiger partial charge in [0.2, 0.25) is 0 Å². The van der Waals surface area contributed by atoms with Gasteiger partial charge in [-0.1, -0.05) is 11.3 Å². The highest BCUT2D eigenvalue weighted by atomic mass is 32.1. The van der Waals surface area contributed by atoms with Crippen LogP contribution in [0, 0.1) is 0 Å². The fourth-order valence-corrected chi connectivity index (χ4v) is 1.66. The molecule has 0 saturated carbocycles. The normalized spacial score (nSPS) is 12.9. The van der Waals surface area contributed by atoms with Gasteiger partial charge >= 0.3 is 0 Å². The fraction of sp³-hybridized carbons (Fsp3) is 0.571. The number of hydrogen-bond donors (Lipinski definition) is 1. The Labute approximate surface area is 75.3 Å². The van der Waals surface area contributed by atoms with Gasteiger partial charge in [-0.2, -0.15) is 0 Å². The van der Waals surface area contributed by atoms with Gasteiger partial charge in [0.25, 0.3) is 5.19 Å². The van der Waals surface area contributed by atoms with Crippen LogP contribution in [0.4, 0.5) is 0 Å². The van der Waals surface area contributed by atoms with Gasteiger partial charge in [-0.05, 0) is 0 Å². The molecule has 0 aliphatic heterocycles. The van der Waals surface area contributed by atoms with Gasteiger partial charge in [-0.15, -0.1) is 0 Å². The lowest BCUT2D eigenvalue weighted by Crippen LogP contribution is -2.12. The van der Waals surface area contributed by atoms with Crippen molar-refractivity contribution in [3.8, 4) is 5.19 Å². The summed E-state index contributed by atoms with van der Waals surface area (Å²) in [4.78, 5) is 5.01. The third-order valence-electron chi connectivity index (χ3n) is 1.49. The molecule has 4 nitrogen and oxygen atoms in total. The smallest absolute Gasteiger partial charge is 0.273 e. The largest absolute Gasteiger partial charge is 0.473 e. The van der Waals surface area contributed by atoms with Crippen molar-refractivity contribution in [2.24, 2.45) is 5.73 Å². The number of hydrogen-bond acceptors (Lipinski definition) is 5. The zero-order chi connectivity index (χ0) is 8.97. The molecule has 0 aliphatic rings. The van der Waals surface area contributed by atoms with E-state index >= 15 is 0 Å². The molecule has 0 aliphatic carbocycles. The van der Waals surface area contributed by atoms with Gasteiger partial charge in [0, 0.05) is 19.9 Å². The number of ether oxygens (including phenoxy) is 2. The van der Waals surface area contributed by atoms with Crippen LogP contribution in [0.1, 0.15) is 11.0 Å². The molecular formula is C7H12N2O2S. The lowest BCUT2D eigenvalue weighted by Gasteiger charge is -2.08. The molecule has 0 amide bonds. The predicted octanol–water partition coefficient (Wildman–Crippen LogP) is 0.798. The average molecular weight is 188 g/mol. The minimum Gasteiger partial charge on any atom is -0.473 e. The van der Waals surface area contributed by atoms with E-state index in [1.54, 1.807) is 20.4 Å². The van der Waals surface area contributed by atoms with Crippen molar-refractivity contribution in [1.29, 1.82) is 0 Å². The SMILES string of the molecule is COc1ncc(C(CN)OC)s1. The van der Waals surface area contributed by atoms with E-state index in [1.807, 2.05) is 0 Å². The molecular weight excluding hydrogens is 176 g/mol. The molecule has 1 unspecified atom stereocenters. The van der Waals surface area contributed by atoms with E-state index in [2.05, 4.69) is 4.98 Å². The first-order chi connectivity index (χ1) is 5.81. The Morgan fingerprint density at radius 1 is 1.67 bits per heavy atom. The van der Waals surface area contributed by atoms with Gasteiger partial charge in [-0.25, -0.2) is 4.98 Å². The van der Waals surface area contributed by atoms with Crippen molar-refractivity contribution < 1.29 is 9.47 Å². The number of nitrogens with two attached hydrogens (primary N) is 1. The summed E-state index contributed by atoms with van der Waals surface area (Å²) in [6.07, 6.45) is 1.66. The molecule has 0 fully saturated rings. The van der Waals surface area contributed by atoms with Crippen molar-refractivity contribution in [2.45, 2.75) is 6.10 Å². The van der Waals surface area contributed by atoms with E-state index in [0.717, 1.165) is 4.88 Å². The molecule has 0 spiro atoms. The molecule has 1 atom stereocenters. The molecule has 1 aromatic heterocycles. The molecule has 0 saturated heterocycles. The van der Waals surface area contributed by atoms with E-state index in [0.29, 0.717) is 11.7 Å². The second-order valence-corrected chi connectivity index (χ2v) is 3.22. The molecule has 0 bridgehead atoms. The summed E-state index contributed by atoms with van der Waals surface area (Å²) in [5.41, 5.74) is 5.48. The maximum atomic E-state index is 5.48. The first-order valence-corrected chi connectivity index (χ1v) is 4.36. The molecule has 2 N–H and O–H groups in total. The monoisotopic (exact) mass is 188 g/mol. The van der Waals surface area contributed by atoms with E-state index in [9.17, 15) is 0 Å². The molecule has 12 heavy (non-hydrogen) atoms. The summed E-state index contributed by atoms with van der Waals surface area (Å²) in [7, 11) is 3.22. The van der Waals surface area contributed by atoms with Crippen molar-refractivity contribution in [3.63, 3.8) is 0 Å². The van der Waals surface area contributed by atoms with E-state index in [4.69, 9.17) is 15.2 Å². The summed E-state index contributed by atoms with van der Waals surface area (Å²) >= 11 is 1.45. The number of nitrogens with zero attached hydrogens (tertiary/aromatic N) is 1. The Balaban J connectivity index is 2.72. The number of thiazole rings is 1. The molecule has 5 heteroatoms. The zero-order valence-corrected chi connectivity index (χ0v) is 7.93. The number of methoxy groups -OCH3 is 2. The molecule has 0 radical (unpaired) electrons. The lowest BCUT2D eigenvalue weighted by molar-refractivity contribution is 0.113. The van der Waals surface area contributed by atoms with Gasteiger partial charge < -0.3 is 15.2 Å². The van der Waals surface area contributed by atoms with Crippen LogP contribution < -0.4 is 10.5 Å². The highest BCUT2D eigenvalue weighted by Gasteiger charge is 2.11. The highest BCUT2D eigenvalue weighted by molar-refractivity contribution is 7.13. The lowest BCUT2D eigenvalue weighted by atomic mass is 10.3. The molecule has 68 valence electrons.